The zero-order chi connectivity index (χ0) is 13.1. The lowest BCUT2D eigenvalue weighted by molar-refractivity contribution is 0.0946. The minimum Gasteiger partial charge on any atom is -0.352 e. The van der Waals surface area contributed by atoms with Crippen LogP contribution in [0.1, 0.15) is 36.5 Å². The average Bonchev–Trinajstić information content (AvgIpc) is 2.72. The summed E-state index contributed by atoms with van der Waals surface area (Å²) in [6, 6.07) is 5.23. The molecule has 4 heteroatoms. The molecule has 2 atom stereocenters. The Morgan fingerprint density at radius 2 is 2.28 bits per heavy atom. The maximum absolute atomic E-state index is 12.0. The van der Waals surface area contributed by atoms with E-state index in [4.69, 9.17) is 11.6 Å². The van der Waals surface area contributed by atoms with Gasteiger partial charge < -0.3 is 5.32 Å². The predicted octanol–water partition coefficient (Wildman–Crippen LogP) is 4.27. The molecule has 18 heavy (non-hydrogen) atoms. The zero-order valence-corrected chi connectivity index (χ0v) is 12.7. The minimum atomic E-state index is -0.0295. The summed E-state index contributed by atoms with van der Waals surface area (Å²) in [5.74, 6) is 1.40. The zero-order valence-electron chi connectivity index (χ0n) is 10.4. The molecule has 1 aromatic carbocycles. The lowest BCUT2D eigenvalue weighted by Gasteiger charge is -2.12. The summed E-state index contributed by atoms with van der Waals surface area (Å²) in [6.45, 7) is 3.05. The first-order valence-corrected chi connectivity index (χ1v) is 7.46. The summed E-state index contributed by atoms with van der Waals surface area (Å²) >= 11 is 9.22. The van der Waals surface area contributed by atoms with E-state index in [1.807, 2.05) is 0 Å². The van der Waals surface area contributed by atoms with Crippen LogP contribution < -0.4 is 5.32 Å². The Labute approximate surface area is 121 Å². The Balaban J connectivity index is 1.91. The monoisotopic (exact) mass is 329 g/mol. The Hall–Kier alpha value is -0.540. The molecular formula is C14H17BrClNO. The van der Waals surface area contributed by atoms with Gasteiger partial charge in [0.25, 0.3) is 5.91 Å². The molecule has 1 N–H and O–H groups in total. The molecule has 0 radical (unpaired) electrons. The van der Waals surface area contributed by atoms with Crippen molar-refractivity contribution in [1.82, 2.24) is 5.32 Å². The summed E-state index contributed by atoms with van der Waals surface area (Å²) in [4.78, 5) is 12.0. The predicted molar refractivity (Wildman–Crippen MR) is 78.0 cm³/mol. The molecule has 1 aromatic rings. The maximum Gasteiger partial charge on any atom is 0.252 e. The lowest BCUT2D eigenvalue weighted by atomic mass is 10.1. The number of carbonyl (C=O) groups is 1. The highest BCUT2D eigenvalue weighted by atomic mass is 79.9. The minimum absolute atomic E-state index is 0.0295. The average molecular weight is 331 g/mol. The number of halogens is 2. The number of rotatable bonds is 3. The van der Waals surface area contributed by atoms with Crippen molar-refractivity contribution in [3.8, 4) is 0 Å². The molecule has 1 amide bonds. The molecule has 2 unspecified atom stereocenters. The van der Waals surface area contributed by atoms with Gasteiger partial charge >= 0.3 is 0 Å². The van der Waals surface area contributed by atoms with Crippen molar-refractivity contribution in [1.29, 1.82) is 0 Å². The van der Waals surface area contributed by atoms with Crippen molar-refractivity contribution >= 4 is 33.4 Å². The van der Waals surface area contributed by atoms with Gasteiger partial charge in [-0.3, -0.25) is 4.79 Å². The molecule has 0 spiro atoms. The van der Waals surface area contributed by atoms with Gasteiger partial charge in [0.2, 0.25) is 0 Å². The fourth-order valence-electron chi connectivity index (χ4n) is 2.52. The normalized spacial score (nSPS) is 23.1. The molecule has 1 aliphatic rings. The van der Waals surface area contributed by atoms with Gasteiger partial charge in [-0.2, -0.15) is 0 Å². The van der Waals surface area contributed by atoms with E-state index in [2.05, 4.69) is 28.2 Å². The van der Waals surface area contributed by atoms with E-state index in [9.17, 15) is 4.79 Å². The van der Waals surface area contributed by atoms with E-state index in [0.717, 1.165) is 16.9 Å². The SMILES string of the molecule is CC1CCC(CNC(=O)c2ccc(Cl)cc2Br)C1. The highest BCUT2D eigenvalue weighted by Gasteiger charge is 2.22. The van der Waals surface area contributed by atoms with Crippen LogP contribution in [-0.4, -0.2) is 12.5 Å². The number of hydrogen-bond donors (Lipinski definition) is 1. The third-order valence-electron chi connectivity index (χ3n) is 3.53. The molecule has 0 saturated heterocycles. The van der Waals surface area contributed by atoms with Gasteiger partial charge in [-0.25, -0.2) is 0 Å². The van der Waals surface area contributed by atoms with Crippen LogP contribution in [0.4, 0.5) is 0 Å². The van der Waals surface area contributed by atoms with E-state index >= 15 is 0 Å². The Morgan fingerprint density at radius 1 is 1.50 bits per heavy atom. The van der Waals surface area contributed by atoms with Crippen LogP contribution in [0.15, 0.2) is 22.7 Å². The molecule has 98 valence electrons. The van der Waals surface area contributed by atoms with Gasteiger partial charge in [0.05, 0.1) is 5.56 Å². The molecule has 0 heterocycles. The van der Waals surface area contributed by atoms with Crippen LogP contribution in [-0.2, 0) is 0 Å². The second kappa shape index (κ2) is 6.07. The molecule has 1 fully saturated rings. The van der Waals surface area contributed by atoms with Gasteiger partial charge in [-0.1, -0.05) is 24.9 Å². The van der Waals surface area contributed by atoms with Gasteiger partial charge in [-0.05, 0) is 58.8 Å². The van der Waals surface area contributed by atoms with E-state index in [0.29, 0.717) is 16.5 Å². The third kappa shape index (κ3) is 3.48. The highest BCUT2D eigenvalue weighted by molar-refractivity contribution is 9.10. The van der Waals surface area contributed by atoms with Crippen molar-refractivity contribution in [3.63, 3.8) is 0 Å². The molecule has 2 rings (SSSR count). The molecule has 0 aromatic heterocycles. The quantitative estimate of drug-likeness (QED) is 0.881. The van der Waals surface area contributed by atoms with Crippen molar-refractivity contribution in [3.05, 3.63) is 33.3 Å². The number of amides is 1. The largest absolute Gasteiger partial charge is 0.352 e. The molecular weight excluding hydrogens is 314 g/mol. The molecule has 1 saturated carbocycles. The fourth-order valence-corrected chi connectivity index (χ4v) is 3.38. The number of benzene rings is 1. The van der Waals surface area contributed by atoms with Crippen molar-refractivity contribution < 1.29 is 4.79 Å². The molecule has 0 bridgehead atoms. The van der Waals surface area contributed by atoms with E-state index in [1.165, 1.54) is 19.3 Å². The third-order valence-corrected chi connectivity index (χ3v) is 4.42. The number of hydrogen-bond acceptors (Lipinski definition) is 1. The fraction of sp³-hybridized carbons (Fsp3) is 0.500. The summed E-state index contributed by atoms with van der Waals surface area (Å²) < 4.78 is 0.743. The van der Waals surface area contributed by atoms with Gasteiger partial charge in [0.15, 0.2) is 0 Å². The molecule has 2 nitrogen and oxygen atoms in total. The first kappa shape index (κ1) is 13.9. The van der Waals surface area contributed by atoms with Crippen LogP contribution in [0.5, 0.6) is 0 Å². The van der Waals surface area contributed by atoms with Gasteiger partial charge in [0, 0.05) is 16.0 Å². The van der Waals surface area contributed by atoms with Crippen molar-refractivity contribution in [2.75, 3.05) is 6.54 Å². The summed E-state index contributed by atoms with van der Waals surface area (Å²) in [5.41, 5.74) is 0.644. The topological polar surface area (TPSA) is 29.1 Å². The summed E-state index contributed by atoms with van der Waals surface area (Å²) in [6.07, 6.45) is 3.73. The first-order chi connectivity index (χ1) is 8.56. The Bertz CT molecular complexity index is 449. The van der Waals surface area contributed by atoms with E-state index in [1.54, 1.807) is 18.2 Å². The number of nitrogens with one attached hydrogen (secondary N) is 1. The standard InChI is InChI=1S/C14H17BrClNO/c1-9-2-3-10(6-9)8-17-14(18)12-5-4-11(16)7-13(12)15/h4-5,7,9-10H,2-3,6,8H2,1H3,(H,17,18). The lowest BCUT2D eigenvalue weighted by Crippen LogP contribution is -2.28. The van der Waals surface area contributed by atoms with E-state index in [-0.39, 0.29) is 5.91 Å². The second-order valence-electron chi connectivity index (χ2n) is 5.12. The highest BCUT2D eigenvalue weighted by Crippen LogP contribution is 2.29. The van der Waals surface area contributed by atoms with Crippen LogP contribution in [0.3, 0.4) is 0 Å². The van der Waals surface area contributed by atoms with Crippen molar-refractivity contribution in [2.24, 2.45) is 11.8 Å². The second-order valence-corrected chi connectivity index (χ2v) is 6.41. The molecule has 1 aliphatic carbocycles. The van der Waals surface area contributed by atoms with Crippen LogP contribution in [0.25, 0.3) is 0 Å². The molecule has 0 aliphatic heterocycles. The maximum atomic E-state index is 12.0. The van der Waals surface area contributed by atoms with Gasteiger partial charge in [-0.15, -0.1) is 0 Å². The summed E-state index contributed by atoms with van der Waals surface area (Å²) in [7, 11) is 0. The number of carbonyl (C=O) groups excluding carboxylic acids is 1. The van der Waals surface area contributed by atoms with Crippen LogP contribution in [0, 0.1) is 11.8 Å². The smallest absolute Gasteiger partial charge is 0.252 e. The van der Waals surface area contributed by atoms with Crippen molar-refractivity contribution in [2.45, 2.75) is 26.2 Å². The Morgan fingerprint density at radius 3 is 2.89 bits per heavy atom. The van der Waals surface area contributed by atoms with Crippen LogP contribution in [0.2, 0.25) is 5.02 Å². The Kier molecular flexibility index (Phi) is 4.68. The summed E-state index contributed by atoms with van der Waals surface area (Å²) in [5, 5.41) is 3.64. The first-order valence-electron chi connectivity index (χ1n) is 6.29. The van der Waals surface area contributed by atoms with Crippen LogP contribution >= 0.6 is 27.5 Å². The van der Waals surface area contributed by atoms with Gasteiger partial charge in [0.1, 0.15) is 0 Å². The van der Waals surface area contributed by atoms with E-state index < -0.39 is 0 Å².